The van der Waals surface area contributed by atoms with Crippen LogP contribution >= 0.6 is 0 Å². The maximum Gasteiger partial charge on any atom is 0.331 e. The molecule has 1 aliphatic rings. The van der Waals surface area contributed by atoms with Gasteiger partial charge in [0.05, 0.1) is 6.54 Å². The van der Waals surface area contributed by atoms with Gasteiger partial charge in [0.1, 0.15) is 6.54 Å². The average molecular weight is 414 g/mol. The summed E-state index contributed by atoms with van der Waals surface area (Å²) < 4.78 is 2.43. The van der Waals surface area contributed by atoms with Crippen LogP contribution in [0.1, 0.15) is 19.4 Å². The highest BCUT2D eigenvalue weighted by atomic mass is 16.2. The minimum Gasteiger partial charge on any atom is -0.353 e. The van der Waals surface area contributed by atoms with Crippen LogP contribution in [0.2, 0.25) is 0 Å². The standard InChI is InChI=1S/C22H31N5O3/c1-3-24-11-13-25(14-12-24)18(2)15-23-20(28)17-27-21(29)9-10-26(22(27)30)16-19-7-5-4-6-8-19/h4-10,18H,3,11-17H2,1-2H3,(H,23,28). The molecule has 1 fully saturated rings. The molecule has 3 rings (SSSR count). The highest BCUT2D eigenvalue weighted by Gasteiger charge is 2.20. The molecule has 1 unspecified atom stereocenters. The number of nitrogens with zero attached hydrogens (tertiary/aromatic N) is 4. The van der Waals surface area contributed by atoms with Gasteiger partial charge in [-0.2, -0.15) is 0 Å². The number of hydrogen-bond donors (Lipinski definition) is 1. The summed E-state index contributed by atoms with van der Waals surface area (Å²) in [5.41, 5.74) is -0.000294. The Morgan fingerprint density at radius 1 is 1.07 bits per heavy atom. The number of rotatable bonds is 8. The van der Waals surface area contributed by atoms with Gasteiger partial charge in [-0.15, -0.1) is 0 Å². The fourth-order valence-electron chi connectivity index (χ4n) is 3.71. The number of benzene rings is 1. The third kappa shape index (κ3) is 5.67. The summed E-state index contributed by atoms with van der Waals surface area (Å²) in [6.07, 6.45) is 1.48. The first-order valence-corrected chi connectivity index (χ1v) is 10.5. The third-order valence-electron chi connectivity index (χ3n) is 5.71. The van der Waals surface area contributed by atoms with Crippen molar-refractivity contribution in [1.29, 1.82) is 0 Å². The second-order valence-corrected chi connectivity index (χ2v) is 7.76. The lowest BCUT2D eigenvalue weighted by Gasteiger charge is -2.37. The Morgan fingerprint density at radius 2 is 1.77 bits per heavy atom. The first-order valence-electron chi connectivity index (χ1n) is 10.5. The largest absolute Gasteiger partial charge is 0.353 e. The van der Waals surface area contributed by atoms with Crippen LogP contribution in [0.3, 0.4) is 0 Å². The van der Waals surface area contributed by atoms with Gasteiger partial charge in [0, 0.05) is 51.0 Å². The quantitative estimate of drug-likeness (QED) is 0.669. The highest BCUT2D eigenvalue weighted by Crippen LogP contribution is 2.05. The van der Waals surface area contributed by atoms with E-state index in [9.17, 15) is 14.4 Å². The predicted octanol–water partition coefficient (Wildman–Crippen LogP) is 0.201. The second kappa shape index (κ2) is 10.4. The minimum absolute atomic E-state index is 0.204. The fraction of sp³-hybridized carbons (Fsp3) is 0.500. The maximum atomic E-state index is 12.7. The number of amides is 1. The summed E-state index contributed by atoms with van der Waals surface area (Å²) in [4.78, 5) is 42.1. The van der Waals surface area contributed by atoms with E-state index in [1.807, 2.05) is 30.3 Å². The SMILES string of the molecule is CCN1CCN(C(C)CNC(=O)Cn2c(=O)ccn(Cc3ccccc3)c2=O)CC1. The molecule has 1 aromatic heterocycles. The van der Waals surface area contributed by atoms with Gasteiger partial charge in [-0.1, -0.05) is 37.3 Å². The van der Waals surface area contributed by atoms with Gasteiger partial charge >= 0.3 is 5.69 Å². The van der Waals surface area contributed by atoms with E-state index in [1.165, 1.54) is 16.8 Å². The normalized spacial score (nSPS) is 16.3. The molecular formula is C22H31N5O3. The lowest BCUT2D eigenvalue weighted by Crippen LogP contribution is -2.52. The van der Waals surface area contributed by atoms with Crippen molar-refractivity contribution in [3.05, 3.63) is 69.0 Å². The average Bonchev–Trinajstić information content (AvgIpc) is 2.77. The first kappa shape index (κ1) is 22.0. The monoisotopic (exact) mass is 413 g/mol. The Bertz CT molecular complexity index is 945. The van der Waals surface area contributed by atoms with Crippen LogP contribution in [0, 0.1) is 0 Å². The third-order valence-corrected chi connectivity index (χ3v) is 5.71. The molecule has 0 spiro atoms. The van der Waals surface area contributed by atoms with Crippen molar-refractivity contribution in [1.82, 2.24) is 24.3 Å². The summed E-state index contributed by atoms with van der Waals surface area (Å²) in [6, 6.07) is 11.1. The number of hydrogen-bond acceptors (Lipinski definition) is 5. The van der Waals surface area contributed by atoms with Gasteiger partial charge in [0.2, 0.25) is 5.91 Å². The molecule has 0 radical (unpaired) electrons. The van der Waals surface area contributed by atoms with Crippen molar-refractivity contribution in [2.24, 2.45) is 0 Å². The molecule has 162 valence electrons. The molecule has 8 heteroatoms. The first-order chi connectivity index (χ1) is 14.5. The summed E-state index contributed by atoms with van der Waals surface area (Å²) in [5.74, 6) is -0.328. The van der Waals surface area contributed by atoms with Crippen molar-refractivity contribution in [3.8, 4) is 0 Å². The Hall–Kier alpha value is -2.71. The van der Waals surface area contributed by atoms with E-state index < -0.39 is 11.2 Å². The molecule has 2 aromatic rings. The van der Waals surface area contributed by atoms with Crippen LogP contribution in [0.25, 0.3) is 0 Å². The van der Waals surface area contributed by atoms with E-state index in [0.717, 1.165) is 42.9 Å². The van der Waals surface area contributed by atoms with Crippen LogP contribution in [0.15, 0.2) is 52.2 Å². The zero-order chi connectivity index (χ0) is 21.5. The Kier molecular flexibility index (Phi) is 7.59. The number of piperazine rings is 1. The topological polar surface area (TPSA) is 79.6 Å². The van der Waals surface area contributed by atoms with Gasteiger partial charge in [-0.3, -0.25) is 23.6 Å². The van der Waals surface area contributed by atoms with Gasteiger partial charge in [0.15, 0.2) is 0 Å². The van der Waals surface area contributed by atoms with Gasteiger partial charge in [0.25, 0.3) is 5.56 Å². The molecule has 1 saturated heterocycles. The van der Waals surface area contributed by atoms with Crippen LogP contribution in [0.5, 0.6) is 0 Å². The highest BCUT2D eigenvalue weighted by molar-refractivity contribution is 5.75. The van der Waals surface area contributed by atoms with E-state index in [0.29, 0.717) is 13.1 Å². The molecule has 0 bridgehead atoms. The molecular weight excluding hydrogens is 382 g/mol. The molecule has 2 heterocycles. The smallest absolute Gasteiger partial charge is 0.331 e. The summed E-state index contributed by atoms with van der Waals surface area (Å²) >= 11 is 0. The van der Waals surface area contributed by atoms with E-state index in [4.69, 9.17) is 0 Å². The van der Waals surface area contributed by atoms with Crippen molar-refractivity contribution >= 4 is 5.91 Å². The number of carbonyl (C=O) groups is 1. The summed E-state index contributed by atoms with van der Waals surface area (Å²) in [5, 5.41) is 2.87. The van der Waals surface area contributed by atoms with Crippen molar-refractivity contribution in [2.75, 3.05) is 39.3 Å². The summed E-state index contributed by atoms with van der Waals surface area (Å²) in [7, 11) is 0. The zero-order valence-corrected chi connectivity index (χ0v) is 17.8. The molecule has 1 aromatic carbocycles. The molecule has 1 amide bonds. The van der Waals surface area contributed by atoms with Gasteiger partial charge < -0.3 is 10.2 Å². The summed E-state index contributed by atoms with van der Waals surface area (Å²) in [6.45, 7) is 9.91. The predicted molar refractivity (Wildman–Crippen MR) is 117 cm³/mol. The number of nitrogens with one attached hydrogen (secondary N) is 1. The number of aromatic nitrogens is 2. The van der Waals surface area contributed by atoms with Gasteiger partial charge in [-0.25, -0.2) is 4.79 Å². The van der Waals surface area contributed by atoms with E-state index in [2.05, 4.69) is 29.0 Å². The van der Waals surface area contributed by atoms with Crippen molar-refractivity contribution in [3.63, 3.8) is 0 Å². The molecule has 1 atom stereocenters. The molecule has 1 N–H and O–H groups in total. The molecule has 30 heavy (non-hydrogen) atoms. The maximum absolute atomic E-state index is 12.7. The van der Waals surface area contributed by atoms with Crippen LogP contribution in [-0.2, 0) is 17.9 Å². The fourth-order valence-corrected chi connectivity index (χ4v) is 3.71. The zero-order valence-electron chi connectivity index (χ0n) is 17.8. The van der Waals surface area contributed by atoms with Crippen LogP contribution in [0.4, 0.5) is 0 Å². The van der Waals surface area contributed by atoms with E-state index in [-0.39, 0.29) is 18.5 Å². The Morgan fingerprint density at radius 3 is 2.43 bits per heavy atom. The van der Waals surface area contributed by atoms with Crippen molar-refractivity contribution < 1.29 is 4.79 Å². The number of likely N-dealkylation sites (N-methyl/N-ethyl adjacent to an activating group) is 1. The number of carbonyl (C=O) groups excluding carboxylic acids is 1. The second-order valence-electron chi connectivity index (χ2n) is 7.76. The molecule has 8 nitrogen and oxygen atoms in total. The molecule has 1 aliphatic heterocycles. The molecule has 0 saturated carbocycles. The Balaban J connectivity index is 1.58. The van der Waals surface area contributed by atoms with E-state index >= 15 is 0 Å². The van der Waals surface area contributed by atoms with E-state index in [1.54, 1.807) is 0 Å². The van der Waals surface area contributed by atoms with Crippen LogP contribution < -0.4 is 16.6 Å². The van der Waals surface area contributed by atoms with Crippen LogP contribution in [-0.4, -0.2) is 70.2 Å². The van der Waals surface area contributed by atoms with Crippen molar-refractivity contribution in [2.45, 2.75) is 33.0 Å². The Labute approximate surface area is 176 Å². The van der Waals surface area contributed by atoms with Gasteiger partial charge in [-0.05, 0) is 19.0 Å². The lowest BCUT2D eigenvalue weighted by molar-refractivity contribution is -0.122. The molecule has 0 aliphatic carbocycles. The minimum atomic E-state index is -0.481. The lowest BCUT2D eigenvalue weighted by atomic mass is 10.2.